The minimum absolute atomic E-state index is 0.102. The lowest BCUT2D eigenvalue weighted by atomic mass is 10.2. The Balaban J connectivity index is 1.82. The first-order valence-electron chi connectivity index (χ1n) is 7.97. The van der Waals surface area contributed by atoms with Gasteiger partial charge >= 0.3 is 0 Å². The van der Waals surface area contributed by atoms with Crippen LogP contribution in [-0.2, 0) is 11.3 Å². The van der Waals surface area contributed by atoms with E-state index in [0.717, 1.165) is 13.0 Å². The molecule has 1 aromatic heterocycles. The van der Waals surface area contributed by atoms with Crippen molar-refractivity contribution in [3.63, 3.8) is 0 Å². The molecule has 24 heavy (non-hydrogen) atoms. The molecule has 0 saturated heterocycles. The zero-order chi connectivity index (χ0) is 17.2. The molecule has 2 amide bonds. The van der Waals surface area contributed by atoms with Crippen LogP contribution in [0.4, 0.5) is 5.69 Å². The van der Waals surface area contributed by atoms with Gasteiger partial charge in [0.05, 0.1) is 6.33 Å². The summed E-state index contributed by atoms with van der Waals surface area (Å²) in [5.41, 5.74) is 1.15. The Bertz CT molecular complexity index is 655. The van der Waals surface area contributed by atoms with Crippen molar-refractivity contribution >= 4 is 17.5 Å². The molecule has 7 heteroatoms. The molecule has 0 aliphatic carbocycles. The third kappa shape index (κ3) is 5.85. The van der Waals surface area contributed by atoms with E-state index in [9.17, 15) is 9.59 Å². The highest BCUT2D eigenvalue weighted by Gasteiger charge is 2.07. The Labute approximate surface area is 141 Å². The molecule has 0 unspecified atom stereocenters. The van der Waals surface area contributed by atoms with Gasteiger partial charge in [-0.1, -0.05) is 6.07 Å². The molecule has 1 heterocycles. The molecule has 0 aliphatic rings. The molecule has 3 N–H and O–H groups in total. The first-order chi connectivity index (χ1) is 11.7. The predicted octanol–water partition coefficient (Wildman–Crippen LogP) is 1.25. The number of imidazole rings is 1. The predicted molar refractivity (Wildman–Crippen MR) is 92.8 cm³/mol. The van der Waals surface area contributed by atoms with Gasteiger partial charge in [0, 0.05) is 43.2 Å². The SMILES string of the molecule is CNCCCNC(=O)c1cccc(NC(=O)CCn2ccnc2)c1. The van der Waals surface area contributed by atoms with Crippen molar-refractivity contribution in [3.8, 4) is 0 Å². The fourth-order valence-electron chi connectivity index (χ4n) is 2.18. The van der Waals surface area contributed by atoms with Crippen molar-refractivity contribution in [2.45, 2.75) is 19.4 Å². The first-order valence-corrected chi connectivity index (χ1v) is 7.97. The molecule has 0 spiro atoms. The summed E-state index contributed by atoms with van der Waals surface area (Å²) in [6, 6.07) is 6.94. The van der Waals surface area contributed by atoms with E-state index in [1.54, 1.807) is 36.8 Å². The zero-order valence-corrected chi connectivity index (χ0v) is 13.8. The number of aryl methyl sites for hydroxylation is 1. The van der Waals surface area contributed by atoms with E-state index in [1.807, 2.05) is 17.8 Å². The van der Waals surface area contributed by atoms with Crippen LogP contribution in [0.3, 0.4) is 0 Å². The van der Waals surface area contributed by atoms with Gasteiger partial charge in [-0.3, -0.25) is 9.59 Å². The van der Waals surface area contributed by atoms with Gasteiger partial charge in [-0.2, -0.15) is 0 Å². The molecule has 0 aliphatic heterocycles. The van der Waals surface area contributed by atoms with Crippen molar-refractivity contribution in [2.24, 2.45) is 0 Å². The average molecular weight is 329 g/mol. The molecule has 1 aromatic carbocycles. The average Bonchev–Trinajstić information content (AvgIpc) is 3.10. The molecule has 2 rings (SSSR count). The minimum atomic E-state index is -0.138. The summed E-state index contributed by atoms with van der Waals surface area (Å²) in [5, 5.41) is 8.70. The van der Waals surface area contributed by atoms with Crippen LogP contribution in [0.15, 0.2) is 43.0 Å². The lowest BCUT2D eigenvalue weighted by Gasteiger charge is -2.09. The van der Waals surface area contributed by atoms with Crippen LogP contribution < -0.4 is 16.0 Å². The van der Waals surface area contributed by atoms with Crippen molar-refractivity contribution in [1.82, 2.24) is 20.2 Å². The molecule has 0 bridgehead atoms. The highest BCUT2D eigenvalue weighted by Crippen LogP contribution is 2.11. The van der Waals surface area contributed by atoms with E-state index in [4.69, 9.17) is 0 Å². The van der Waals surface area contributed by atoms with Gasteiger partial charge in [0.25, 0.3) is 5.91 Å². The minimum Gasteiger partial charge on any atom is -0.352 e. The molecular formula is C17H23N5O2. The molecule has 0 saturated carbocycles. The zero-order valence-electron chi connectivity index (χ0n) is 13.8. The van der Waals surface area contributed by atoms with Crippen LogP contribution in [0.25, 0.3) is 0 Å². The summed E-state index contributed by atoms with van der Waals surface area (Å²) in [6.07, 6.45) is 6.37. The van der Waals surface area contributed by atoms with Crippen LogP contribution in [0.2, 0.25) is 0 Å². The summed E-state index contributed by atoms with van der Waals surface area (Å²) in [4.78, 5) is 28.0. The molecule has 128 valence electrons. The number of hydrogen-bond donors (Lipinski definition) is 3. The monoisotopic (exact) mass is 329 g/mol. The Morgan fingerprint density at radius 2 is 2.12 bits per heavy atom. The van der Waals surface area contributed by atoms with Crippen molar-refractivity contribution in [3.05, 3.63) is 48.5 Å². The molecule has 2 aromatic rings. The standard InChI is InChI=1S/C17H23N5O2/c1-18-7-3-8-20-17(24)14-4-2-5-15(12-14)21-16(23)6-10-22-11-9-19-13-22/h2,4-5,9,11-13,18H,3,6-8,10H2,1H3,(H,20,24)(H,21,23). The highest BCUT2D eigenvalue weighted by atomic mass is 16.2. The summed E-state index contributed by atoms with van der Waals surface area (Å²) < 4.78 is 1.84. The van der Waals surface area contributed by atoms with Crippen LogP contribution in [0.1, 0.15) is 23.2 Å². The van der Waals surface area contributed by atoms with Crippen molar-refractivity contribution in [2.75, 3.05) is 25.5 Å². The van der Waals surface area contributed by atoms with Gasteiger partial charge in [0.1, 0.15) is 0 Å². The largest absolute Gasteiger partial charge is 0.352 e. The second kappa shape index (κ2) is 9.46. The Hall–Kier alpha value is -2.67. The summed E-state index contributed by atoms with van der Waals surface area (Å²) in [6.45, 7) is 2.03. The third-order valence-corrected chi connectivity index (χ3v) is 3.45. The van der Waals surface area contributed by atoms with Crippen LogP contribution in [0, 0.1) is 0 Å². The second-order valence-corrected chi connectivity index (χ2v) is 5.39. The number of benzene rings is 1. The maximum atomic E-state index is 12.1. The number of nitrogens with one attached hydrogen (secondary N) is 3. The topological polar surface area (TPSA) is 88.0 Å². The van der Waals surface area contributed by atoms with Gasteiger partial charge in [-0.25, -0.2) is 4.98 Å². The van der Waals surface area contributed by atoms with Gasteiger partial charge in [0.15, 0.2) is 0 Å². The summed E-state index contributed by atoms with van der Waals surface area (Å²) >= 11 is 0. The molecular weight excluding hydrogens is 306 g/mol. The van der Waals surface area contributed by atoms with Crippen LogP contribution in [-0.4, -0.2) is 41.5 Å². The van der Waals surface area contributed by atoms with E-state index in [2.05, 4.69) is 20.9 Å². The quantitative estimate of drug-likeness (QED) is 0.604. The van der Waals surface area contributed by atoms with E-state index in [-0.39, 0.29) is 11.8 Å². The van der Waals surface area contributed by atoms with Crippen LogP contribution >= 0.6 is 0 Å². The van der Waals surface area contributed by atoms with E-state index in [1.165, 1.54) is 0 Å². The number of nitrogens with zero attached hydrogens (tertiary/aromatic N) is 2. The maximum absolute atomic E-state index is 12.1. The molecule has 0 radical (unpaired) electrons. The van der Waals surface area contributed by atoms with E-state index in [0.29, 0.717) is 30.8 Å². The maximum Gasteiger partial charge on any atom is 0.251 e. The van der Waals surface area contributed by atoms with E-state index >= 15 is 0 Å². The Kier molecular flexibility index (Phi) is 6.97. The summed E-state index contributed by atoms with van der Waals surface area (Å²) in [5.74, 6) is -0.240. The number of carbonyl (C=O) groups is 2. The third-order valence-electron chi connectivity index (χ3n) is 3.45. The number of carbonyl (C=O) groups excluding carboxylic acids is 2. The number of amides is 2. The fourth-order valence-corrected chi connectivity index (χ4v) is 2.18. The van der Waals surface area contributed by atoms with E-state index < -0.39 is 0 Å². The smallest absolute Gasteiger partial charge is 0.251 e. The summed E-state index contributed by atoms with van der Waals surface area (Å²) in [7, 11) is 1.88. The van der Waals surface area contributed by atoms with Crippen molar-refractivity contribution < 1.29 is 9.59 Å². The molecule has 0 atom stereocenters. The second-order valence-electron chi connectivity index (χ2n) is 5.39. The first kappa shape index (κ1) is 17.7. The van der Waals surface area contributed by atoms with Gasteiger partial charge in [-0.15, -0.1) is 0 Å². The Morgan fingerprint density at radius 1 is 1.25 bits per heavy atom. The lowest BCUT2D eigenvalue weighted by molar-refractivity contribution is -0.116. The molecule has 0 fully saturated rings. The molecule has 7 nitrogen and oxygen atoms in total. The van der Waals surface area contributed by atoms with Gasteiger partial charge in [-0.05, 0) is 38.2 Å². The number of aromatic nitrogens is 2. The lowest BCUT2D eigenvalue weighted by Crippen LogP contribution is -2.26. The number of hydrogen-bond acceptors (Lipinski definition) is 4. The normalized spacial score (nSPS) is 10.4. The number of rotatable bonds is 9. The van der Waals surface area contributed by atoms with Crippen molar-refractivity contribution in [1.29, 1.82) is 0 Å². The van der Waals surface area contributed by atoms with Gasteiger partial charge in [0.2, 0.25) is 5.91 Å². The number of anilines is 1. The highest BCUT2D eigenvalue weighted by molar-refractivity contribution is 5.97. The van der Waals surface area contributed by atoms with Crippen LogP contribution in [0.5, 0.6) is 0 Å². The fraction of sp³-hybridized carbons (Fsp3) is 0.353. The Morgan fingerprint density at radius 3 is 2.88 bits per heavy atom. The van der Waals surface area contributed by atoms with Gasteiger partial charge < -0.3 is 20.5 Å².